The van der Waals surface area contributed by atoms with Crippen molar-refractivity contribution in [3.05, 3.63) is 12.2 Å². The van der Waals surface area contributed by atoms with E-state index in [1.54, 1.807) is 0 Å². The van der Waals surface area contributed by atoms with Gasteiger partial charge in [0.2, 0.25) is 0 Å². The zero-order valence-corrected chi connectivity index (χ0v) is 10.9. The molecule has 2 aliphatic rings. The maximum Gasteiger partial charge on any atom is 0.139 e. The molecule has 0 aliphatic heterocycles. The molecular weight excluding hydrogens is 196 g/mol. The highest BCUT2D eigenvalue weighted by Crippen LogP contribution is 2.56. The van der Waals surface area contributed by atoms with E-state index >= 15 is 0 Å². The van der Waals surface area contributed by atoms with Crippen LogP contribution in [-0.2, 0) is 4.79 Å². The molecule has 0 unspecified atom stereocenters. The Bertz CT molecular complexity index is 315. The highest BCUT2D eigenvalue weighted by molar-refractivity contribution is 5.84. The van der Waals surface area contributed by atoms with Crippen LogP contribution in [0.5, 0.6) is 0 Å². The summed E-state index contributed by atoms with van der Waals surface area (Å²) in [6.45, 7) is 10.7. The molecule has 2 saturated carbocycles. The van der Waals surface area contributed by atoms with E-state index in [0.29, 0.717) is 17.1 Å². The minimum atomic E-state index is 0.182. The molecule has 0 bridgehead atoms. The largest absolute Gasteiger partial charge is 0.299 e. The third-order valence-corrected chi connectivity index (χ3v) is 4.80. The van der Waals surface area contributed by atoms with E-state index in [9.17, 15) is 4.79 Å². The number of hydrogen-bond acceptors (Lipinski definition) is 1. The van der Waals surface area contributed by atoms with Gasteiger partial charge in [0.15, 0.2) is 0 Å². The van der Waals surface area contributed by atoms with Gasteiger partial charge in [-0.3, -0.25) is 4.79 Å². The van der Waals surface area contributed by atoms with Crippen molar-refractivity contribution in [3.8, 4) is 0 Å². The number of rotatable bonds is 2. The van der Waals surface area contributed by atoms with Gasteiger partial charge < -0.3 is 0 Å². The molecule has 0 aromatic rings. The Morgan fingerprint density at radius 2 is 2.12 bits per heavy atom. The van der Waals surface area contributed by atoms with E-state index in [4.69, 9.17) is 0 Å². The lowest BCUT2D eigenvalue weighted by atomic mass is 9.64. The Morgan fingerprint density at radius 3 is 2.75 bits per heavy atom. The number of carbonyl (C=O) groups is 1. The quantitative estimate of drug-likeness (QED) is 0.643. The molecule has 0 radical (unpaired) electrons. The summed E-state index contributed by atoms with van der Waals surface area (Å²) in [5, 5.41) is 0. The van der Waals surface area contributed by atoms with E-state index < -0.39 is 0 Å². The van der Waals surface area contributed by atoms with Crippen LogP contribution in [-0.4, -0.2) is 5.78 Å². The van der Waals surface area contributed by atoms with Gasteiger partial charge in [0.25, 0.3) is 0 Å². The first-order valence-corrected chi connectivity index (χ1v) is 6.67. The molecule has 2 rings (SSSR count). The summed E-state index contributed by atoms with van der Waals surface area (Å²) in [6.07, 6.45) is 6.02. The molecule has 16 heavy (non-hydrogen) atoms. The van der Waals surface area contributed by atoms with Gasteiger partial charge in [-0.05, 0) is 43.4 Å². The number of Topliss-reactive ketones (excluding diaryl/α,β-unsaturated/α-hetero) is 1. The molecule has 2 fully saturated rings. The fourth-order valence-electron chi connectivity index (χ4n) is 3.96. The van der Waals surface area contributed by atoms with Gasteiger partial charge in [0.1, 0.15) is 5.78 Å². The Hall–Kier alpha value is -0.590. The zero-order chi connectivity index (χ0) is 11.9. The Morgan fingerprint density at radius 1 is 1.44 bits per heavy atom. The fraction of sp³-hybridized carbons (Fsp3) is 0.800. The van der Waals surface area contributed by atoms with Gasteiger partial charge in [0.05, 0.1) is 0 Å². The summed E-state index contributed by atoms with van der Waals surface area (Å²) >= 11 is 0. The van der Waals surface area contributed by atoms with Crippen LogP contribution in [0.1, 0.15) is 52.9 Å². The molecule has 0 saturated heterocycles. The van der Waals surface area contributed by atoms with Gasteiger partial charge in [-0.2, -0.15) is 0 Å². The fourth-order valence-corrected chi connectivity index (χ4v) is 3.96. The molecule has 0 heterocycles. The van der Waals surface area contributed by atoms with E-state index in [2.05, 4.69) is 13.5 Å². The molecule has 90 valence electrons. The monoisotopic (exact) mass is 220 g/mol. The summed E-state index contributed by atoms with van der Waals surface area (Å²) in [6, 6.07) is 0. The van der Waals surface area contributed by atoms with Crippen molar-refractivity contribution >= 4 is 5.78 Å². The van der Waals surface area contributed by atoms with E-state index in [1.165, 1.54) is 24.8 Å². The maximum atomic E-state index is 12.2. The molecule has 0 aromatic heterocycles. The lowest BCUT2D eigenvalue weighted by molar-refractivity contribution is -0.127. The normalized spacial score (nSPS) is 38.9. The van der Waals surface area contributed by atoms with Gasteiger partial charge in [-0.15, -0.1) is 0 Å². The maximum absolute atomic E-state index is 12.2. The van der Waals surface area contributed by atoms with E-state index in [1.807, 2.05) is 13.8 Å². The Labute approximate surface area is 99.3 Å². The van der Waals surface area contributed by atoms with Crippen LogP contribution in [0.15, 0.2) is 12.2 Å². The standard InChI is InChI=1S/C15H24O/c1-10(2)14(16)12-7-9-15(4)8-5-6-11(3)13(12)15/h10,12-13H,3,5-9H2,1-2,4H3/t12-,13+,15+/m0/s1. The van der Waals surface area contributed by atoms with Gasteiger partial charge in [0, 0.05) is 11.8 Å². The van der Waals surface area contributed by atoms with E-state index in [-0.39, 0.29) is 11.8 Å². The minimum Gasteiger partial charge on any atom is -0.299 e. The van der Waals surface area contributed by atoms with Crippen molar-refractivity contribution in [1.82, 2.24) is 0 Å². The number of fused-ring (bicyclic) bond motifs is 1. The van der Waals surface area contributed by atoms with Crippen molar-refractivity contribution in [3.63, 3.8) is 0 Å². The molecule has 0 spiro atoms. The molecule has 0 aromatic carbocycles. The predicted molar refractivity (Wildman–Crippen MR) is 67.2 cm³/mol. The van der Waals surface area contributed by atoms with Gasteiger partial charge in [-0.1, -0.05) is 32.9 Å². The molecule has 1 heteroatoms. The molecule has 3 atom stereocenters. The second-order valence-electron chi connectivity index (χ2n) is 6.35. The molecule has 1 nitrogen and oxygen atoms in total. The SMILES string of the molecule is C=C1CCC[C@]2(C)CC[C@H](C(=O)C(C)C)[C@@H]12. The van der Waals surface area contributed by atoms with Crippen LogP contribution in [0.2, 0.25) is 0 Å². The zero-order valence-electron chi connectivity index (χ0n) is 10.9. The van der Waals surface area contributed by atoms with Crippen LogP contribution in [0.4, 0.5) is 0 Å². The predicted octanol–water partition coefficient (Wildman–Crippen LogP) is 3.98. The molecule has 0 N–H and O–H groups in total. The number of carbonyl (C=O) groups excluding carboxylic acids is 1. The first-order chi connectivity index (χ1) is 7.46. The van der Waals surface area contributed by atoms with Crippen molar-refractivity contribution in [2.75, 3.05) is 0 Å². The minimum absolute atomic E-state index is 0.182. The summed E-state index contributed by atoms with van der Waals surface area (Å²) in [5.41, 5.74) is 1.73. The lowest BCUT2D eigenvalue weighted by Gasteiger charge is -2.40. The van der Waals surface area contributed by atoms with E-state index in [0.717, 1.165) is 12.8 Å². The van der Waals surface area contributed by atoms with Crippen LogP contribution < -0.4 is 0 Å². The number of hydrogen-bond donors (Lipinski definition) is 0. The first-order valence-electron chi connectivity index (χ1n) is 6.67. The second kappa shape index (κ2) is 4.01. The van der Waals surface area contributed by atoms with Crippen molar-refractivity contribution in [1.29, 1.82) is 0 Å². The Balaban J connectivity index is 2.24. The Kier molecular flexibility index (Phi) is 2.98. The average Bonchev–Trinajstić information content (AvgIpc) is 2.55. The van der Waals surface area contributed by atoms with Crippen LogP contribution in [0.3, 0.4) is 0 Å². The third-order valence-electron chi connectivity index (χ3n) is 4.80. The molecule has 0 amide bonds. The number of allylic oxidation sites excluding steroid dienone is 1. The lowest BCUT2D eigenvalue weighted by Crippen LogP contribution is -2.34. The van der Waals surface area contributed by atoms with Gasteiger partial charge in [-0.25, -0.2) is 0 Å². The smallest absolute Gasteiger partial charge is 0.139 e. The van der Waals surface area contributed by atoms with Crippen molar-refractivity contribution < 1.29 is 4.79 Å². The first kappa shape index (κ1) is 11.9. The summed E-state index contributed by atoms with van der Waals surface area (Å²) in [5.74, 6) is 1.41. The summed E-state index contributed by atoms with van der Waals surface area (Å²) in [4.78, 5) is 12.2. The topological polar surface area (TPSA) is 17.1 Å². The van der Waals surface area contributed by atoms with Gasteiger partial charge >= 0.3 is 0 Å². The van der Waals surface area contributed by atoms with Crippen molar-refractivity contribution in [2.24, 2.45) is 23.2 Å². The highest BCUT2D eigenvalue weighted by atomic mass is 16.1. The second-order valence-corrected chi connectivity index (χ2v) is 6.35. The van der Waals surface area contributed by atoms with Crippen LogP contribution >= 0.6 is 0 Å². The number of ketones is 1. The van der Waals surface area contributed by atoms with Crippen molar-refractivity contribution in [2.45, 2.75) is 52.9 Å². The molecule has 2 aliphatic carbocycles. The third kappa shape index (κ3) is 1.74. The summed E-state index contributed by atoms with van der Waals surface area (Å²) in [7, 11) is 0. The average molecular weight is 220 g/mol. The summed E-state index contributed by atoms with van der Waals surface area (Å²) < 4.78 is 0. The van der Waals surface area contributed by atoms with Crippen LogP contribution in [0.25, 0.3) is 0 Å². The molecular formula is C15H24O. The van der Waals surface area contributed by atoms with Crippen LogP contribution in [0, 0.1) is 23.2 Å². The highest BCUT2D eigenvalue weighted by Gasteiger charge is 2.50.